The van der Waals surface area contributed by atoms with Crippen LogP contribution in [0.15, 0.2) is 12.3 Å². The van der Waals surface area contributed by atoms with Crippen LogP contribution in [0.25, 0.3) is 0 Å². The van der Waals surface area contributed by atoms with Crippen molar-refractivity contribution in [1.29, 1.82) is 0 Å². The van der Waals surface area contributed by atoms with E-state index in [1.165, 1.54) is 6.92 Å². The highest BCUT2D eigenvalue weighted by Gasteiger charge is 2.20. The monoisotopic (exact) mass is 342 g/mol. The van der Waals surface area contributed by atoms with Crippen LogP contribution in [0.3, 0.4) is 0 Å². The van der Waals surface area contributed by atoms with Crippen molar-refractivity contribution in [2.75, 3.05) is 0 Å². The van der Waals surface area contributed by atoms with Gasteiger partial charge in [-0.15, -0.1) is 0 Å². The first kappa shape index (κ1) is 18.8. The summed E-state index contributed by atoms with van der Waals surface area (Å²) in [5, 5.41) is 7.37. The Kier molecular flexibility index (Phi) is 5.72. The number of amides is 1. The van der Waals surface area contributed by atoms with Crippen molar-refractivity contribution in [3.05, 3.63) is 46.0 Å². The van der Waals surface area contributed by atoms with Crippen LogP contribution in [0, 0.1) is 27.7 Å². The lowest BCUT2D eigenvalue weighted by molar-refractivity contribution is -0.122. The number of hydrogen-bond donors (Lipinski definition) is 1. The second-order valence-electron chi connectivity index (χ2n) is 6.63. The van der Waals surface area contributed by atoms with Gasteiger partial charge in [0.15, 0.2) is 5.78 Å². The summed E-state index contributed by atoms with van der Waals surface area (Å²) in [6.45, 7) is 11.6. The van der Waals surface area contributed by atoms with Crippen LogP contribution in [0.5, 0.6) is 0 Å². The van der Waals surface area contributed by atoms with E-state index in [1.54, 1.807) is 10.9 Å². The fraction of sp³-hybridized carbons (Fsp3) is 0.474. The maximum atomic E-state index is 12.3. The van der Waals surface area contributed by atoms with Crippen LogP contribution in [-0.4, -0.2) is 26.5 Å². The molecule has 6 heteroatoms. The lowest BCUT2D eigenvalue weighted by atomic mass is 10.1. The molecular weight excluding hydrogens is 316 g/mol. The van der Waals surface area contributed by atoms with Crippen LogP contribution >= 0.6 is 0 Å². The Hall–Kier alpha value is -2.50. The highest BCUT2D eigenvalue weighted by molar-refractivity contribution is 5.96. The SMILES string of the molecule is CC(=O)c1c(C)nn([C@@H](C)CC(=O)NCc2cnc(C)cc2C)c1C. The summed E-state index contributed by atoms with van der Waals surface area (Å²) < 4.78 is 1.77. The standard InChI is InChI=1S/C19H26N4O2/c1-11-7-12(2)20-9-17(11)10-21-18(25)8-13(3)23-15(5)19(16(6)24)14(4)22-23/h7,9,13H,8,10H2,1-6H3,(H,21,25)/t13-/m0/s1. The van der Waals surface area contributed by atoms with Crippen LogP contribution in [-0.2, 0) is 11.3 Å². The largest absolute Gasteiger partial charge is 0.352 e. The van der Waals surface area contributed by atoms with Crippen molar-refractivity contribution >= 4 is 11.7 Å². The molecule has 0 saturated heterocycles. The molecule has 1 N–H and O–H groups in total. The smallest absolute Gasteiger partial charge is 0.222 e. The molecule has 0 aliphatic rings. The van der Waals surface area contributed by atoms with Crippen LogP contribution in [0.4, 0.5) is 0 Å². The van der Waals surface area contributed by atoms with E-state index in [1.807, 2.05) is 40.7 Å². The summed E-state index contributed by atoms with van der Waals surface area (Å²) in [6, 6.07) is 1.88. The van der Waals surface area contributed by atoms with Gasteiger partial charge in [-0.25, -0.2) is 0 Å². The van der Waals surface area contributed by atoms with Gasteiger partial charge in [0.25, 0.3) is 0 Å². The van der Waals surface area contributed by atoms with Crippen molar-refractivity contribution in [3.8, 4) is 0 Å². The number of aryl methyl sites for hydroxylation is 3. The van der Waals surface area contributed by atoms with Crippen molar-refractivity contribution in [2.45, 2.75) is 60.5 Å². The molecule has 0 radical (unpaired) electrons. The fourth-order valence-corrected chi connectivity index (χ4v) is 3.13. The Morgan fingerprint density at radius 1 is 1.24 bits per heavy atom. The molecule has 0 saturated carbocycles. The minimum absolute atomic E-state index is 0.000229. The second kappa shape index (κ2) is 7.59. The van der Waals surface area contributed by atoms with Gasteiger partial charge >= 0.3 is 0 Å². The number of nitrogens with one attached hydrogen (secondary N) is 1. The van der Waals surface area contributed by atoms with Crippen molar-refractivity contribution in [2.24, 2.45) is 0 Å². The maximum Gasteiger partial charge on any atom is 0.222 e. The molecule has 0 aromatic carbocycles. The minimum atomic E-state index is -0.121. The molecule has 0 spiro atoms. The number of carbonyl (C=O) groups excluding carboxylic acids is 2. The maximum absolute atomic E-state index is 12.3. The molecule has 0 aliphatic carbocycles. The summed E-state index contributed by atoms with van der Waals surface area (Å²) >= 11 is 0. The molecule has 2 rings (SSSR count). The van der Waals surface area contributed by atoms with Gasteiger partial charge in [0, 0.05) is 30.6 Å². The second-order valence-corrected chi connectivity index (χ2v) is 6.63. The Morgan fingerprint density at radius 3 is 2.48 bits per heavy atom. The van der Waals surface area contributed by atoms with Crippen LogP contribution in [0.1, 0.15) is 64.9 Å². The van der Waals surface area contributed by atoms with E-state index in [4.69, 9.17) is 0 Å². The molecular formula is C19H26N4O2. The average Bonchev–Trinajstić information content (AvgIpc) is 2.81. The fourth-order valence-electron chi connectivity index (χ4n) is 3.13. The zero-order valence-electron chi connectivity index (χ0n) is 15.8. The Balaban J connectivity index is 2.01. The molecule has 6 nitrogen and oxygen atoms in total. The first-order valence-corrected chi connectivity index (χ1v) is 8.46. The lowest BCUT2D eigenvalue weighted by Crippen LogP contribution is -2.26. The Labute approximate surface area is 148 Å². The minimum Gasteiger partial charge on any atom is -0.352 e. The molecule has 2 heterocycles. The van der Waals surface area contributed by atoms with Gasteiger partial charge in [0.05, 0.1) is 17.3 Å². The molecule has 0 fully saturated rings. The zero-order chi connectivity index (χ0) is 18.7. The van der Waals surface area contributed by atoms with Crippen LogP contribution < -0.4 is 5.32 Å². The van der Waals surface area contributed by atoms with E-state index in [0.29, 0.717) is 24.2 Å². The van der Waals surface area contributed by atoms with E-state index in [0.717, 1.165) is 22.5 Å². The van der Waals surface area contributed by atoms with Gasteiger partial charge in [-0.2, -0.15) is 5.10 Å². The Bertz CT molecular complexity index is 808. The van der Waals surface area contributed by atoms with Gasteiger partial charge < -0.3 is 5.32 Å². The number of nitrogens with zero attached hydrogens (tertiary/aromatic N) is 3. The number of aromatic nitrogens is 3. The van der Waals surface area contributed by atoms with E-state index < -0.39 is 0 Å². The summed E-state index contributed by atoms with van der Waals surface area (Å²) in [5.41, 5.74) is 5.25. The van der Waals surface area contributed by atoms with E-state index in [9.17, 15) is 9.59 Å². The highest BCUT2D eigenvalue weighted by Crippen LogP contribution is 2.20. The topological polar surface area (TPSA) is 76.9 Å². The zero-order valence-corrected chi connectivity index (χ0v) is 15.8. The predicted molar refractivity (Wildman–Crippen MR) is 96.6 cm³/mol. The quantitative estimate of drug-likeness (QED) is 0.819. The average molecular weight is 342 g/mol. The number of carbonyl (C=O) groups is 2. The van der Waals surface area contributed by atoms with Gasteiger partial charge in [0.2, 0.25) is 5.91 Å². The first-order valence-electron chi connectivity index (χ1n) is 8.46. The van der Waals surface area contributed by atoms with E-state index >= 15 is 0 Å². The molecule has 25 heavy (non-hydrogen) atoms. The van der Waals surface area contributed by atoms with E-state index in [2.05, 4.69) is 15.4 Å². The number of rotatable bonds is 6. The predicted octanol–water partition coefficient (Wildman–Crippen LogP) is 2.98. The third-order valence-corrected chi connectivity index (χ3v) is 4.41. The van der Waals surface area contributed by atoms with Crippen molar-refractivity contribution in [3.63, 3.8) is 0 Å². The third-order valence-electron chi connectivity index (χ3n) is 4.41. The van der Waals surface area contributed by atoms with Gasteiger partial charge in [-0.05, 0) is 58.7 Å². The Morgan fingerprint density at radius 2 is 1.92 bits per heavy atom. The number of pyridine rings is 1. The van der Waals surface area contributed by atoms with E-state index in [-0.39, 0.29) is 17.7 Å². The van der Waals surface area contributed by atoms with Crippen molar-refractivity contribution < 1.29 is 9.59 Å². The first-order chi connectivity index (χ1) is 11.7. The normalized spacial score (nSPS) is 12.1. The molecule has 1 atom stereocenters. The number of hydrogen-bond acceptors (Lipinski definition) is 4. The molecule has 0 aliphatic heterocycles. The van der Waals surface area contributed by atoms with Gasteiger partial charge in [-0.3, -0.25) is 19.3 Å². The van der Waals surface area contributed by atoms with Crippen LogP contribution in [0.2, 0.25) is 0 Å². The molecule has 0 unspecified atom stereocenters. The van der Waals surface area contributed by atoms with Crippen molar-refractivity contribution in [1.82, 2.24) is 20.1 Å². The molecule has 2 aromatic heterocycles. The highest BCUT2D eigenvalue weighted by atomic mass is 16.1. The summed E-state index contributed by atoms with van der Waals surface area (Å²) in [4.78, 5) is 28.3. The number of Topliss-reactive ketones (excluding diaryl/α,β-unsaturated/α-hetero) is 1. The van der Waals surface area contributed by atoms with Gasteiger partial charge in [-0.1, -0.05) is 0 Å². The summed E-state index contributed by atoms with van der Waals surface area (Å²) in [6.07, 6.45) is 2.10. The molecule has 2 aromatic rings. The molecule has 1 amide bonds. The molecule has 134 valence electrons. The third kappa shape index (κ3) is 4.32. The lowest BCUT2D eigenvalue weighted by Gasteiger charge is -2.15. The summed E-state index contributed by atoms with van der Waals surface area (Å²) in [5.74, 6) is -0.0512. The number of ketones is 1. The molecule has 0 bridgehead atoms. The van der Waals surface area contributed by atoms with Gasteiger partial charge in [0.1, 0.15) is 0 Å². The summed E-state index contributed by atoms with van der Waals surface area (Å²) in [7, 11) is 0.